The van der Waals surface area contributed by atoms with E-state index in [-0.39, 0.29) is 17.2 Å². The molecule has 8 heteroatoms. The van der Waals surface area contributed by atoms with Crippen LogP contribution < -0.4 is 0 Å². The zero-order valence-corrected chi connectivity index (χ0v) is 44.7. The normalized spacial score (nSPS) is 16.4. The van der Waals surface area contributed by atoms with Crippen molar-refractivity contribution in [2.45, 2.75) is 202 Å². The molecule has 2 amide bonds. The smallest absolute Gasteiger partial charge is 0.261 e. The number of carbonyl (C=O) groups excluding carboxylic acids is 2. The fourth-order valence-corrected chi connectivity index (χ4v) is 15.7. The lowest BCUT2D eigenvalue weighted by Gasteiger charge is -2.31. The zero-order chi connectivity index (χ0) is 46.1. The molecule has 2 aliphatic heterocycles. The van der Waals surface area contributed by atoms with Gasteiger partial charge >= 0.3 is 0 Å². The van der Waals surface area contributed by atoms with Crippen molar-refractivity contribution in [1.82, 2.24) is 9.80 Å². The van der Waals surface area contributed by atoms with Crippen molar-refractivity contribution in [3.8, 4) is 19.5 Å². The number of hydrogen-bond donors (Lipinski definition) is 0. The molecule has 0 radical (unpaired) electrons. The Balaban J connectivity index is 1.30. The number of aryl methyl sites for hydroxylation is 2. The van der Waals surface area contributed by atoms with Gasteiger partial charge in [-0.1, -0.05) is 157 Å². The van der Waals surface area contributed by atoms with Gasteiger partial charge in [-0.2, -0.15) is 0 Å². The molecule has 0 N–H and O–H groups in total. The van der Waals surface area contributed by atoms with Crippen molar-refractivity contribution in [2.75, 3.05) is 13.1 Å². The number of hydrogen-bond acceptors (Lipinski definition) is 6. The minimum atomic E-state index is 0.0169. The van der Waals surface area contributed by atoms with Gasteiger partial charge in [0.2, 0.25) is 0 Å². The third-order valence-electron chi connectivity index (χ3n) is 14.9. The van der Waals surface area contributed by atoms with Crippen molar-refractivity contribution in [3.05, 3.63) is 78.2 Å². The highest BCUT2D eigenvalue weighted by molar-refractivity contribution is 7.27. The van der Waals surface area contributed by atoms with Crippen LogP contribution in [0.15, 0.2) is 47.5 Å². The number of thiophene rings is 4. The molecule has 4 aromatic rings. The topological polar surface area (TPSA) is 40.6 Å². The minimum absolute atomic E-state index is 0.0169. The van der Waals surface area contributed by atoms with Crippen LogP contribution >= 0.6 is 45.3 Å². The number of nitrogens with zero attached hydrogens (tertiary/aromatic N) is 2. The molecule has 6 heterocycles. The molecule has 0 fully saturated rings. The molecule has 354 valence electrons. The molecule has 0 saturated heterocycles. The van der Waals surface area contributed by atoms with Crippen molar-refractivity contribution >= 4 is 68.6 Å². The zero-order valence-electron chi connectivity index (χ0n) is 41.4. The summed E-state index contributed by atoms with van der Waals surface area (Å²) in [5.74, 6) is 0.798. The molecule has 7 rings (SSSR count). The molecule has 0 aromatic carbocycles. The summed E-state index contributed by atoms with van der Waals surface area (Å²) < 4.78 is 0. The van der Waals surface area contributed by atoms with Crippen molar-refractivity contribution in [3.63, 3.8) is 0 Å². The van der Waals surface area contributed by atoms with Gasteiger partial charge in [-0.15, -0.1) is 45.3 Å². The number of amides is 2. The molecular formula is C57H80N2O2S4. The Bertz CT molecular complexity index is 2260. The van der Waals surface area contributed by atoms with Crippen molar-refractivity contribution in [2.24, 2.45) is 11.8 Å². The molecule has 4 nitrogen and oxygen atoms in total. The number of fused-ring (bicyclic) bond motifs is 4. The van der Waals surface area contributed by atoms with Gasteiger partial charge in [0.1, 0.15) is 0 Å². The van der Waals surface area contributed by atoms with Gasteiger partial charge in [-0.25, -0.2) is 0 Å². The molecule has 0 saturated carbocycles. The van der Waals surface area contributed by atoms with E-state index in [4.69, 9.17) is 0 Å². The number of unbranched alkanes of at least 4 members (excludes halogenated alkanes) is 12. The lowest BCUT2D eigenvalue weighted by molar-refractivity contribution is -0.124. The van der Waals surface area contributed by atoms with Gasteiger partial charge in [-0.05, 0) is 98.9 Å². The van der Waals surface area contributed by atoms with Gasteiger partial charge in [-0.3, -0.25) is 9.59 Å². The van der Waals surface area contributed by atoms with Crippen LogP contribution in [0.5, 0.6) is 0 Å². The predicted octanol–water partition coefficient (Wildman–Crippen LogP) is 18.2. The maximum Gasteiger partial charge on any atom is 0.261 e. The molecule has 0 bridgehead atoms. The molecule has 2 unspecified atom stereocenters. The quantitative estimate of drug-likeness (QED) is 0.0509. The first-order valence-electron chi connectivity index (χ1n) is 26.2. The fourth-order valence-electron chi connectivity index (χ4n) is 11.1. The third-order valence-corrected chi connectivity index (χ3v) is 19.6. The van der Waals surface area contributed by atoms with Crippen molar-refractivity contribution < 1.29 is 9.59 Å². The average molecular weight is 954 g/mol. The molecule has 2 atom stereocenters. The first kappa shape index (κ1) is 50.1. The summed E-state index contributed by atoms with van der Waals surface area (Å²) in [6.07, 6.45) is 27.1. The predicted molar refractivity (Wildman–Crippen MR) is 285 cm³/mol. The Kier molecular flexibility index (Phi) is 18.1. The number of carbonyl (C=O) groups is 2. The second-order valence-electron chi connectivity index (χ2n) is 19.8. The monoisotopic (exact) mass is 953 g/mol. The maximum atomic E-state index is 15.2. The fraction of sp³-hybridized carbons (Fsp3) is 0.614. The molecule has 4 aromatic heterocycles. The Hall–Kier alpha value is -2.78. The summed E-state index contributed by atoms with van der Waals surface area (Å²) in [5.41, 5.74) is 6.26. The van der Waals surface area contributed by atoms with Crippen LogP contribution in [0.1, 0.15) is 213 Å². The first-order chi connectivity index (χ1) is 31.6. The molecule has 0 spiro atoms. The molecule has 1 aliphatic carbocycles. The third kappa shape index (κ3) is 10.8. The van der Waals surface area contributed by atoms with Crippen LogP contribution in [0.4, 0.5) is 0 Å². The highest BCUT2D eigenvalue weighted by Gasteiger charge is 2.50. The second kappa shape index (κ2) is 23.5. The molecule has 3 aliphatic rings. The molecular weight excluding hydrogens is 873 g/mol. The lowest BCUT2D eigenvalue weighted by Crippen LogP contribution is -2.34. The van der Waals surface area contributed by atoms with Gasteiger partial charge in [0, 0.05) is 47.8 Å². The van der Waals surface area contributed by atoms with Crippen molar-refractivity contribution in [1.29, 1.82) is 0 Å². The van der Waals surface area contributed by atoms with Gasteiger partial charge < -0.3 is 9.80 Å². The Morgan fingerprint density at radius 3 is 1.45 bits per heavy atom. The van der Waals surface area contributed by atoms with Gasteiger partial charge in [0.05, 0.1) is 32.3 Å². The van der Waals surface area contributed by atoms with E-state index < -0.39 is 0 Å². The largest absolute Gasteiger partial charge is 0.306 e. The van der Waals surface area contributed by atoms with Crippen LogP contribution in [-0.4, -0.2) is 34.7 Å². The van der Waals surface area contributed by atoms with E-state index in [1.807, 2.05) is 27.6 Å². The van der Waals surface area contributed by atoms with Gasteiger partial charge in [0.15, 0.2) is 0 Å². The standard InChI is InChI=1S/C57H80N2O2S4/c1-9-15-19-21-23-25-33-57(34-26-24-22-20-16-10-2)43-35-40(8)63-53(43)54-44(57)36-48(65-54)45-31-32-47(64-45)52-50-49(55(60)59(52)38-42(14-6)28-18-12-4)51(46-30-29-39(7)62-46)58(56(50)61)37-41(13-5)27-17-11-3/h29-32,35-36,41-42H,9-28,33-34,37-38H2,1-8H3. The highest BCUT2D eigenvalue weighted by Crippen LogP contribution is 2.61. The van der Waals surface area contributed by atoms with Crippen LogP contribution in [0, 0.1) is 25.7 Å². The van der Waals surface area contributed by atoms with Crippen LogP contribution in [0.3, 0.4) is 0 Å². The summed E-state index contributed by atoms with van der Waals surface area (Å²) in [5, 5.41) is 0. The first-order valence-corrected chi connectivity index (χ1v) is 29.5. The molecule has 65 heavy (non-hydrogen) atoms. The van der Waals surface area contributed by atoms with E-state index in [9.17, 15) is 0 Å². The Morgan fingerprint density at radius 2 is 0.938 bits per heavy atom. The summed E-state index contributed by atoms with van der Waals surface area (Å²) in [6, 6.07) is 14.0. The highest BCUT2D eigenvalue weighted by atomic mass is 32.1. The van der Waals surface area contributed by atoms with E-state index in [1.165, 1.54) is 119 Å². The van der Waals surface area contributed by atoms with E-state index in [0.29, 0.717) is 36.1 Å². The van der Waals surface area contributed by atoms with E-state index in [2.05, 4.69) is 96.7 Å². The van der Waals surface area contributed by atoms with Crippen LogP contribution in [-0.2, 0) is 15.0 Å². The SMILES string of the molecule is CCCCCCCCC1(CCCCCCCC)c2cc(C)sc2-c2sc(-c3ccc(C4=C5C(=O)N(CC(CC)CCCC)C(c6ccc(C)s6)=C5C(=O)N4CC(CC)CCCC)s3)cc21. The lowest BCUT2D eigenvalue weighted by atomic mass is 9.71. The summed E-state index contributed by atoms with van der Waals surface area (Å²) in [7, 11) is 0. The van der Waals surface area contributed by atoms with E-state index in [0.717, 1.165) is 72.5 Å². The summed E-state index contributed by atoms with van der Waals surface area (Å²) >= 11 is 7.50. The minimum Gasteiger partial charge on any atom is -0.306 e. The summed E-state index contributed by atoms with van der Waals surface area (Å²) in [6.45, 7) is 19.4. The van der Waals surface area contributed by atoms with E-state index in [1.54, 1.807) is 33.8 Å². The van der Waals surface area contributed by atoms with E-state index >= 15 is 9.59 Å². The number of rotatable bonds is 29. The van der Waals surface area contributed by atoms with Crippen LogP contribution in [0.25, 0.3) is 30.9 Å². The average Bonchev–Trinajstić information content (AvgIpc) is 4.18. The maximum absolute atomic E-state index is 15.2. The Morgan fingerprint density at radius 1 is 0.477 bits per heavy atom. The second-order valence-corrected chi connectivity index (χ2v) is 24.4. The Labute approximate surface area is 410 Å². The summed E-state index contributed by atoms with van der Waals surface area (Å²) in [4.78, 5) is 44.9. The van der Waals surface area contributed by atoms with Crippen LogP contribution in [0.2, 0.25) is 0 Å². The van der Waals surface area contributed by atoms with Gasteiger partial charge in [0.25, 0.3) is 11.8 Å².